The minimum absolute atomic E-state index is 0.0627. The van der Waals surface area contributed by atoms with Crippen LogP contribution in [-0.2, 0) is 16.4 Å². The normalized spacial score (nSPS) is 11.5. The highest BCUT2D eigenvalue weighted by Gasteiger charge is 2.22. The van der Waals surface area contributed by atoms with Gasteiger partial charge in [0.2, 0.25) is 5.13 Å². The lowest BCUT2D eigenvalue weighted by Gasteiger charge is -2.09. The fourth-order valence-corrected chi connectivity index (χ4v) is 4.00. The molecule has 1 heterocycles. The van der Waals surface area contributed by atoms with Crippen molar-refractivity contribution in [3.63, 3.8) is 0 Å². The van der Waals surface area contributed by atoms with Crippen molar-refractivity contribution in [2.75, 3.05) is 10.5 Å². The van der Waals surface area contributed by atoms with E-state index in [0.717, 1.165) is 5.01 Å². The Bertz CT molecular complexity index is 679. The van der Waals surface area contributed by atoms with E-state index in [0.29, 0.717) is 6.42 Å². The minimum atomic E-state index is -3.87. The lowest BCUT2D eigenvalue weighted by molar-refractivity contribution is 0.601. The second-order valence-electron chi connectivity index (χ2n) is 3.62. The Morgan fingerprint density at radius 3 is 2.74 bits per heavy atom. The fraction of sp³-hybridized carbons (Fsp3) is 0.200. The number of benzene rings is 1. The Labute approximate surface area is 119 Å². The van der Waals surface area contributed by atoms with Gasteiger partial charge in [-0.05, 0) is 18.6 Å². The Kier molecular flexibility index (Phi) is 3.93. The summed E-state index contributed by atoms with van der Waals surface area (Å²) < 4.78 is 26.7. The number of sulfonamides is 1. The smallest absolute Gasteiger partial charge is 0.267 e. The molecule has 0 aliphatic carbocycles. The van der Waals surface area contributed by atoms with E-state index in [4.69, 9.17) is 17.3 Å². The molecule has 2 aromatic rings. The molecule has 0 amide bonds. The summed E-state index contributed by atoms with van der Waals surface area (Å²) >= 11 is 7.05. The predicted molar refractivity (Wildman–Crippen MR) is 76.0 cm³/mol. The standard InChI is InChI=1S/C10H11ClN4O2S2/c1-2-8-13-14-10(18-8)15-19(16,17)9-6(11)4-3-5-7(9)12/h3-5H,2,12H2,1H3,(H,14,15). The third kappa shape index (κ3) is 2.96. The van der Waals surface area contributed by atoms with E-state index in [1.165, 1.54) is 23.5 Å². The van der Waals surface area contributed by atoms with Crippen molar-refractivity contribution in [2.24, 2.45) is 0 Å². The van der Waals surface area contributed by atoms with E-state index in [1.807, 2.05) is 6.92 Å². The van der Waals surface area contributed by atoms with Gasteiger partial charge in [0, 0.05) is 0 Å². The van der Waals surface area contributed by atoms with Crippen LogP contribution in [0.25, 0.3) is 0 Å². The van der Waals surface area contributed by atoms with Gasteiger partial charge in [-0.15, -0.1) is 10.2 Å². The third-order valence-electron chi connectivity index (χ3n) is 2.26. The van der Waals surface area contributed by atoms with Crippen LogP contribution < -0.4 is 10.5 Å². The van der Waals surface area contributed by atoms with Gasteiger partial charge >= 0.3 is 0 Å². The average Bonchev–Trinajstić information content (AvgIpc) is 2.75. The molecular formula is C10H11ClN4O2S2. The molecule has 1 aromatic heterocycles. The van der Waals surface area contributed by atoms with Gasteiger partial charge in [-0.25, -0.2) is 8.42 Å². The number of hydrogen-bond acceptors (Lipinski definition) is 6. The Morgan fingerprint density at radius 2 is 2.16 bits per heavy atom. The maximum absolute atomic E-state index is 12.2. The molecule has 9 heteroatoms. The van der Waals surface area contributed by atoms with Crippen LogP contribution in [0.15, 0.2) is 23.1 Å². The number of nitrogens with zero attached hydrogens (tertiary/aromatic N) is 2. The number of rotatable bonds is 4. The van der Waals surface area contributed by atoms with Crippen LogP contribution in [0.1, 0.15) is 11.9 Å². The van der Waals surface area contributed by atoms with Gasteiger partial charge in [0.05, 0.1) is 10.7 Å². The van der Waals surface area contributed by atoms with Gasteiger partial charge in [-0.1, -0.05) is 35.9 Å². The first-order valence-corrected chi connectivity index (χ1v) is 8.01. The van der Waals surface area contributed by atoms with Crippen LogP contribution in [0.3, 0.4) is 0 Å². The van der Waals surface area contributed by atoms with Crippen molar-refractivity contribution < 1.29 is 8.42 Å². The zero-order valence-corrected chi connectivity index (χ0v) is 12.3. The molecule has 0 saturated heterocycles. The fourth-order valence-electron chi connectivity index (χ4n) is 1.41. The molecule has 0 radical (unpaired) electrons. The van der Waals surface area contributed by atoms with Crippen molar-refractivity contribution in [3.8, 4) is 0 Å². The quantitative estimate of drug-likeness (QED) is 0.842. The number of anilines is 2. The molecule has 19 heavy (non-hydrogen) atoms. The van der Waals surface area contributed by atoms with Crippen LogP contribution in [0.4, 0.5) is 10.8 Å². The summed E-state index contributed by atoms with van der Waals surface area (Å²) in [7, 11) is -3.87. The van der Waals surface area contributed by atoms with Gasteiger partial charge in [-0.3, -0.25) is 4.72 Å². The molecule has 0 aliphatic rings. The van der Waals surface area contributed by atoms with Gasteiger partial charge in [0.25, 0.3) is 10.0 Å². The summed E-state index contributed by atoms with van der Waals surface area (Å²) in [6.45, 7) is 1.91. The number of nitrogen functional groups attached to an aromatic ring is 1. The zero-order chi connectivity index (χ0) is 14.0. The topological polar surface area (TPSA) is 98.0 Å². The van der Waals surface area contributed by atoms with Crippen LogP contribution in [0.5, 0.6) is 0 Å². The molecular weight excluding hydrogens is 308 g/mol. The van der Waals surface area contributed by atoms with E-state index < -0.39 is 10.0 Å². The number of halogens is 1. The van der Waals surface area contributed by atoms with E-state index >= 15 is 0 Å². The van der Waals surface area contributed by atoms with Crippen molar-refractivity contribution in [1.29, 1.82) is 0 Å². The summed E-state index contributed by atoms with van der Waals surface area (Å²) in [6.07, 6.45) is 0.688. The molecule has 0 atom stereocenters. The second kappa shape index (κ2) is 5.32. The molecule has 0 unspecified atom stereocenters. The van der Waals surface area contributed by atoms with Gasteiger partial charge in [0.1, 0.15) is 9.90 Å². The molecule has 0 saturated carbocycles. The largest absolute Gasteiger partial charge is 0.398 e. The highest BCUT2D eigenvalue weighted by atomic mass is 35.5. The number of nitrogens with two attached hydrogens (primary N) is 1. The van der Waals surface area contributed by atoms with Crippen LogP contribution >= 0.6 is 22.9 Å². The molecule has 6 nitrogen and oxygen atoms in total. The first-order valence-electron chi connectivity index (χ1n) is 5.33. The van der Waals surface area contributed by atoms with Crippen LogP contribution in [0, 0.1) is 0 Å². The van der Waals surface area contributed by atoms with E-state index in [-0.39, 0.29) is 20.7 Å². The molecule has 2 rings (SSSR count). The Morgan fingerprint density at radius 1 is 1.42 bits per heavy atom. The van der Waals surface area contributed by atoms with Gasteiger partial charge < -0.3 is 5.73 Å². The van der Waals surface area contributed by atoms with Crippen LogP contribution in [-0.4, -0.2) is 18.6 Å². The predicted octanol–water partition coefficient (Wildman–Crippen LogP) is 2.14. The monoisotopic (exact) mass is 318 g/mol. The molecule has 3 N–H and O–H groups in total. The highest BCUT2D eigenvalue weighted by Crippen LogP contribution is 2.29. The van der Waals surface area contributed by atoms with E-state index in [9.17, 15) is 8.42 Å². The first kappa shape index (κ1) is 14.0. The molecule has 102 valence electrons. The molecule has 0 fully saturated rings. The van der Waals surface area contributed by atoms with E-state index in [2.05, 4.69) is 14.9 Å². The maximum atomic E-state index is 12.2. The summed E-state index contributed by atoms with van der Waals surface area (Å²) in [5.41, 5.74) is 5.74. The number of hydrogen-bond donors (Lipinski definition) is 2. The molecule has 0 spiro atoms. The molecule has 0 bridgehead atoms. The SMILES string of the molecule is CCc1nnc(NS(=O)(=O)c2c(N)cccc2Cl)s1. The highest BCUT2D eigenvalue weighted by molar-refractivity contribution is 7.93. The zero-order valence-electron chi connectivity index (χ0n) is 9.92. The summed E-state index contributed by atoms with van der Waals surface area (Å²) in [4.78, 5) is -0.148. The summed E-state index contributed by atoms with van der Waals surface area (Å²) in [5.74, 6) is 0. The third-order valence-corrected chi connectivity index (χ3v) is 5.25. The van der Waals surface area contributed by atoms with Crippen LogP contribution in [0.2, 0.25) is 5.02 Å². The Balaban J connectivity index is 2.38. The van der Waals surface area contributed by atoms with Gasteiger partial charge in [0.15, 0.2) is 0 Å². The second-order valence-corrected chi connectivity index (χ2v) is 6.71. The maximum Gasteiger partial charge on any atom is 0.267 e. The number of nitrogens with one attached hydrogen (secondary N) is 1. The van der Waals surface area contributed by atoms with Crippen molar-refractivity contribution in [1.82, 2.24) is 10.2 Å². The summed E-state index contributed by atoms with van der Waals surface area (Å²) in [5, 5.41) is 8.58. The number of aryl methyl sites for hydroxylation is 1. The van der Waals surface area contributed by atoms with E-state index in [1.54, 1.807) is 6.07 Å². The molecule has 1 aromatic carbocycles. The van der Waals surface area contributed by atoms with Crippen molar-refractivity contribution in [2.45, 2.75) is 18.2 Å². The first-order chi connectivity index (χ1) is 8.94. The van der Waals surface area contributed by atoms with Crippen molar-refractivity contribution >= 4 is 43.8 Å². The molecule has 0 aliphatic heterocycles. The van der Waals surface area contributed by atoms with Gasteiger partial charge in [-0.2, -0.15) is 0 Å². The van der Waals surface area contributed by atoms with Crippen molar-refractivity contribution in [3.05, 3.63) is 28.2 Å². The Hall–Kier alpha value is -1.38. The summed E-state index contributed by atoms with van der Waals surface area (Å²) in [6, 6.07) is 4.51. The lowest BCUT2D eigenvalue weighted by Crippen LogP contribution is -2.15. The number of aromatic nitrogens is 2. The minimum Gasteiger partial charge on any atom is -0.398 e. The lowest BCUT2D eigenvalue weighted by atomic mass is 10.3. The average molecular weight is 319 g/mol.